The van der Waals surface area contributed by atoms with Crippen LogP contribution < -0.4 is 10.1 Å². The standard InChI is InChI=1S/C20H26F4N2O5/c1-17(2,3)30-15(27)25-19(10-26(11-19)16(28)31-18(4,5)6)13-8-7-12(9-14(13)21)29-20(22,23)24/h7-9H,10-11H2,1-6H3,(H,25,27). The Morgan fingerprint density at radius 1 is 1.00 bits per heavy atom. The minimum Gasteiger partial charge on any atom is -0.444 e. The number of alkyl carbamates (subject to hydrolysis) is 1. The van der Waals surface area contributed by atoms with E-state index in [0.29, 0.717) is 6.07 Å². The van der Waals surface area contributed by atoms with Crippen molar-refractivity contribution in [3.8, 4) is 5.75 Å². The van der Waals surface area contributed by atoms with Crippen LogP contribution in [0.3, 0.4) is 0 Å². The number of carbonyl (C=O) groups excluding carboxylic acids is 2. The van der Waals surface area contributed by atoms with Gasteiger partial charge in [-0.3, -0.25) is 0 Å². The second-order valence-corrected chi connectivity index (χ2v) is 9.23. The number of carbonyl (C=O) groups is 2. The summed E-state index contributed by atoms with van der Waals surface area (Å²) in [7, 11) is 0. The number of alkyl halides is 3. The lowest BCUT2D eigenvalue weighted by atomic mass is 9.82. The molecule has 1 saturated heterocycles. The molecule has 31 heavy (non-hydrogen) atoms. The van der Waals surface area contributed by atoms with E-state index in [0.717, 1.165) is 12.1 Å². The highest BCUT2D eigenvalue weighted by Crippen LogP contribution is 2.37. The van der Waals surface area contributed by atoms with Crippen LogP contribution in [0.1, 0.15) is 47.1 Å². The number of halogens is 4. The zero-order valence-electron chi connectivity index (χ0n) is 18.1. The molecule has 0 atom stereocenters. The van der Waals surface area contributed by atoms with E-state index in [4.69, 9.17) is 9.47 Å². The second-order valence-electron chi connectivity index (χ2n) is 9.23. The highest BCUT2D eigenvalue weighted by Gasteiger charge is 2.51. The highest BCUT2D eigenvalue weighted by molar-refractivity contribution is 5.73. The van der Waals surface area contributed by atoms with Crippen LogP contribution in [0, 0.1) is 5.82 Å². The van der Waals surface area contributed by atoms with Crippen molar-refractivity contribution in [1.82, 2.24) is 10.2 Å². The molecule has 0 aromatic heterocycles. The van der Waals surface area contributed by atoms with Crippen molar-refractivity contribution in [2.75, 3.05) is 13.1 Å². The van der Waals surface area contributed by atoms with Crippen LogP contribution in [0.2, 0.25) is 0 Å². The fourth-order valence-corrected chi connectivity index (χ4v) is 2.96. The Bertz CT molecular complexity index is 837. The van der Waals surface area contributed by atoms with E-state index < -0.39 is 46.9 Å². The number of nitrogens with zero attached hydrogens (tertiary/aromatic N) is 1. The molecule has 1 aliphatic rings. The number of hydrogen-bond donors (Lipinski definition) is 1. The number of nitrogens with one attached hydrogen (secondary N) is 1. The maximum Gasteiger partial charge on any atom is 0.573 e. The maximum atomic E-state index is 14.8. The molecule has 2 rings (SSSR count). The van der Waals surface area contributed by atoms with Gasteiger partial charge in [0.2, 0.25) is 0 Å². The normalized spacial score (nSPS) is 16.3. The predicted octanol–water partition coefficient (Wildman–Crippen LogP) is 4.70. The summed E-state index contributed by atoms with van der Waals surface area (Å²) in [4.78, 5) is 25.9. The zero-order valence-corrected chi connectivity index (χ0v) is 18.1. The summed E-state index contributed by atoms with van der Waals surface area (Å²) >= 11 is 0. The lowest BCUT2D eigenvalue weighted by Gasteiger charge is -2.50. The van der Waals surface area contributed by atoms with E-state index in [1.807, 2.05) is 0 Å². The van der Waals surface area contributed by atoms with Crippen LogP contribution in [0.15, 0.2) is 18.2 Å². The first-order valence-electron chi connectivity index (χ1n) is 9.44. The molecule has 1 aliphatic heterocycles. The van der Waals surface area contributed by atoms with Crippen molar-refractivity contribution in [3.63, 3.8) is 0 Å². The van der Waals surface area contributed by atoms with E-state index in [1.54, 1.807) is 41.5 Å². The van der Waals surface area contributed by atoms with Gasteiger partial charge in [0.25, 0.3) is 0 Å². The fraction of sp³-hybridized carbons (Fsp3) is 0.600. The third kappa shape index (κ3) is 6.90. The fourth-order valence-electron chi connectivity index (χ4n) is 2.96. The van der Waals surface area contributed by atoms with Crippen LogP contribution in [-0.4, -0.2) is 47.7 Å². The van der Waals surface area contributed by atoms with Crippen LogP contribution in [-0.2, 0) is 15.0 Å². The minimum atomic E-state index is -4.98. The molecule has 0 radical (unpaired) electrons. The Kier molecular flexibility index (Phi) is 6.40. The minimum absolute atomic E-state index is 0.118. The molecule has 1 aromatic carbocycles. The summed E-state index contributed by atoms with van der Waals surface area (Å²) in [6, 6.07) is 2.57. The first-order valence-corrected chi connectivity index (χ1v) is 9.44. The van der Waals surface area contributed by atoms with Gasteiger partial charge in [-0.2, -0.15) is 0 Å². The van der Waals surface area contributed by atoms with Crippen molar-refractivity contribution in [3.05, 3.63) is 29.6 Å². The third-order valence-electron chi connectivity index (χ3n) is 4.00. The maximum absolute atomic E-state index is 14.8. The van der Waals surface area contributed by atoms with Gasteiger partial charge in [0.1, 0.15) is 28.3 Å². The van der Waals surface area contributed by atoms with Crippen molar-refractivity contribution in [2.24, 2.45) is 0 Å². The summed E-state index contributed by atoms with van der Waals surface area (Å²) in [6.45, 7) is 9.60. The average Bonchev–Trinajstić information content (AvgIpc) is 2.45. The van der Waals surface area contributed by atoms with Gasteiger partial charge in [-0.1, -0.05) is 0 Å². The molecule has 7 nitrogen and oxygen atoms in total. The number of hydrogen-bond acceptors (Lipinski definition) is 5. The van der Waals surface area contributed by atoms with E-state index in [2.05, 4.69) is 10.1 Å². The summed E-state index contributed by atoms with van der Waals surface area (Å²) < 4.78 is 66.2. The van der Waals surface area contributed by atoms with E-state index in [-0.39, 0.29) is 18.7 Å². The largest absolute Gasteiger partial charge is 0.573 e. The molecule has 0 aliphatic carbocycles. The van der Waals surface area contributed by atoms with Crippen LogP contribution >= 0.6 is 0 Å². The first kappa shape index (κ1) is 24.5. The van der Waals surface area contributed by atoms with Gasteiger partial charge in [0.15, 0.2) is 0 Å². The lowest BCUT2D eigenvalue weighted by molar-refractivity contribution is -0.274. The number of ether oxygens (including phenoxy) is 3. The number of amides is 2. The van der Waals surface area contributed by atoms with Crippen molar-refractivity contribution in [2.45, 2.75) is 64.6 Å². The second kappa shape index (κ2) is 8.08. The summed E-state index contributed by atoms with van der Waals surface area (Å²) in [5.41, 5.74) is -3.15. The average molecular weight is 450 g/mol. The highest BCUT2D eigenvalue weighted by atomic mass is 19.4. The Hall–Kier alpha value is -2.72. The van der Waals surface area contributed by atoms with Gasteiger partial charge < -0.3 is 24.4 Å². The topological polar surface area (TPSA) is 77.1 Å². The SMILES string of the molecule is CC(C)(C)OC(=O)NC1(c2ccc(OC(F)(F)F)cc2F)CN(C(=O)OC(C)(C)C)C1. The molecular weight excluding hydrogens is 424 g/mol. The number of rotatable bonds is 3. The zero-order chi connectivity index (χ0) is 23.8. The van der Waals surface area contributed by atoms with Crippen LogP contribution in [0.5, 0.6) is 5.75 Å². The molecule has 11 heteroatoms. The summed E-state index contributed by atoms with van der Waals surface area (Å²) in [6.07, 6.45) is -6.53. The molecule has 1 heterocycles. The Labute approximate surface area is 177 Å². The molecule has 0 spiro atoms. The third-order valence-corrected chi connectivity index (χ3v) is 4.00. The van der Waals surface area contributed by atoms with Gasteiger partial charge in [0, 0.05) is 11.6 Å². The lowest BCUT2D eigenvalue weighted by Crippen LogP contribution is -2.69. The summed E-state index contributed by atoms with van der Waals surface area (Å²) in [5, 5.41) is 2.55. The van der Waals surface area contributed by atoms with Gasteiger partial charge in [-0.15, -0.1) is 13.2 Å². The van der Waals surface area contributed by atoms with Crippen LogP contribution in [0.25, 0.3) is 0 Å². The van der Waals surface area contributed by atoms with Gasteiger partial charge in [-0.25, -0.2) is 14.0 Å². The monoisotopic (exact) mass is 450 g/mol. The molecule has 0 saturated carbocycles. The first-order chi connectivity index (χ1) is 13.9. The van der Waals surface area contributed by atoms with E-state index in [1.165, 1.54) is 4.90 Å². The van der Waals surface area contributed by atoms with Gasteiger partial charge in [-0.05, 0) is 53.7 Å². The molecular formula is C20H26F4N2O5. The number of benzene rings is 1. The predicted molar refractivity (Wildman–Crippen MR) is 102 cm³/mol. The van der Waals surface area contributed by atoms with Crippen molar-refractivity contribution in [1.29, 1.82) is 0 Å². The van der Waals surface area contributed by atoms with E-state index >= 15 is 0 Å². The molecule has 0 unspecified atom stereocenters. The van der Waals surface area contributed by atoms with Crippen LogP contribution in [0.4, 0.5) is 27.2 Å². The Balaban J connectivity index is 2.30. The molecule has 174 valence electrons. The smallest absolute Gasteiger partial charge is 0.444 e. The van der Waals surface area contributed by atoms with Gasteiger partial charge in [0.05, 0.1) is 13.1 Å². The molecule has 2 amide bonds. The van der Waals surface area contributed by atoms with Gasteiger partial charge >= 0.3 is 18.5 Å². The molecule has 1 fully saturated rings. The molecule has 1 N–H and O–H groups in total. The summed E-state index contributed by atoms with van der Waals surface area (Å²) in [5.74, 6) is -1.79. The quantitative estimate of drug-likeness (QED) is 0.676. The Morgan fingerprint density at radius 2 is 1.55 bits per heavy atom. The van der Waals surface area contributed by atoms with E-state index in [9.17, 15) is 27.2 Å². The molecule has 1 aromatic rings. The van der Waals surface area contributed by atoms with Crippen molar-refractivity contribution >= 4 is 12.2 Å². The molecule has 0 bridgehead atoms. The van der Waals surface area contributed by atoms with Crippen molar-refractivity contribution < 1.29 is 41.4 Å². The Morgan fingerprint density at radius 3 is 2.00 bits per heavy atom. The number of likely N-dealkylation sites (tertiary alicyclic amines) is 1.